The van der Waals surface area contributed by atoms with Gasteiger partial charge in [0.1, 0.15) is 11.6 Å². The molecule has 1 heterocycles. The Labute approximate surface area is 183 Å². The average molecular weight is 471 g/mol. The largest absolute Gasteiger partial charge is 0.339 e. The summed E-state index contributed by atoms with van der Waals surface area (Å²) in [5.41, 5.74) is -0.502. The second kappa shape index (κ2) is 7.97. The highest BCUT2D eigenvalue weighted by Crippen LogP contribution is 2.50. The molecule has 1 aromatic carbocycles. The maximum Gasteiger partial charge on any atom is 0.244 e. The Balaban J connectivity index is 1.55. The zero-order chi connectivity index (χ0) is 21.5. The number of halogens is 2. The topological polar surface area (TPSA) is 101 Å². The first-order chi connectivity index (χ1) is 14.2. The van der Waals surface area contributed by atoms with Gasteiger partial charge in [-0.25, -0.2) is 17.8 Å². The molecule has 2 aliphatic rings. The Kier molecular flexibility index (Phi) is 5.67. The van der Waals surface area contributed by atoms with Crippen molar-refractivity contribution in [2.75, 3.05) is 11.1 Å². The summed E-state index contributed by atoms with van der Waals surface area (Å²) in [6, 6.07) is 4.43. The molecule has 0 aliphatic heterocycles. The molecule has 0 radical (unpaired) electrons. The zero-order valence-electron chi connectivity index (χ0n) is 16.1. The molecule has 0 unspecified atom stereocenters. The predicted octanol–water partition coefficient (Wildman–Crippen LogP) is 3.76. The van der Waals surface area contributed by atoms with Crippen LogP contribution in [0.2, 0.25) is 5.28 Å². The molecule has 2 aliphatic carbocycles. The van der Waals surface area contributed by atoms with Crippen LogP contribution < -0.4 is 10.0 Å². The predicted molar refractivity (Wildman–Crippen MR) is 114 cm³/mol. The highest BCUT2D eigenvalue weighted by atomic mass is 35.5. The van der Waals surface area contributed by atoms with Gasteiger partial charge in [-0.2, -0.15) is 4.98 Å². The summed E-state index contributed by atoms with van der Waals surface area (Å²) >= 11 is 7.40. The van der Waals surface area contributed by atoms with Crippen LogP contribution in [0.5, 0.6) is 0 Å². The third-order valence-electron chi connectivity index (χ3n) is 5.16. The van der Waals surface area contributed by atoms with Gasteiger partial charge in [0.15, 0.2) is 0 Å². The number of carbonyl (C=O) groups is 1. The molecule has 0 saturated heterocycles. The summed E-state index contributed by atoms with van der Waals surface area (Å²) in [7, 11) is -3.68. The highest BCUT2D eigenvalue weighted by molar-refractivity contribution is 7.99. The molecule has 7 nitrogen and oxygen atoms in total. The lowest BCUT2D eigenvalue weighted by Crippen LogP contribution is -2.40. The van der Waals surface area contributed by atoms with Gasteiger partial charge in [0.05, 0.1) is 15.6 Å². The molecule has 2 fully saturated rings. The van der Waals surface area contributed by atoms with Crippen molar-refractivity contribution in [2.45, 2.75) is 48.2 Å². The standard InChI is InChI=1S/C19H20ClFN4O3S2/c1-2-29-15-10-22-18(20)24-16(15)23-11-3-6-13(14(21)9-11)19(7-8-19)17(26)25-30(27,28)12-4-5-12/h3,6,9-10,12H,2,4-5,7-8H2,1H3,(H,25,26)(H,22,23,24). The lowest BCUT2D eigenvalue weighted by Gasteiger charge is -2.18. The van der Waals surface area contributed by atoms with Crippen LogP contribution in [0.3, 0.4) is 0 Å². The van der Waals surface area contributed by atoms with E-state index in [1.54, 1.807) is 12.3 Å². The van der Waals surface area contributed by atoms with Crippen LogP contribution >= 0.6 is 23.4 Å². The van der Waals surface area contributed by atoms with Gasteiger partial charge in [-0.15, -0.1) is 11.8 Å². The van der Waals surface area contributed by atoms with Crippen LogP contribution in [0.1, 0.15) is 38.2 Å². The summed E-state index contributed by atoms with van der Waals surface area (Å²) in [5.74, 6) is 0.0249. The van der Waals surface area contributed by atoms with Crippen LogP contribution in [0.25, 0.3) is 0 Å². The van der Waals surface area contributed by atoms with E-state index in [0.717, 1.165) is 10.6 Å². The van der Waals surface area contributed by atoms with E-state index in [4.69, 9.17) is 11.6 Å². The molecule has 0 spiro atoms. The minimum atomic E-state index is -3.68. The number of hydrogen-bond acceptors (Lipinski definition) is 7. The number of hydrogen-bond donors (Lipinski definition) is 2. The molecule has 0 bridgehead atoms. The molecule has 11 heteroatoms. The number of nitrogens with one attached hydrogen (secondary N) is 2. The van der Waals surface area contributed by atoms with Gasteiger partial charge >= 0.3 is 0 Å². The van der Waals surface area contributed by atoms with Crippen LogP contribution in [-0.2, 0) is 20.2 Å². The molecule has 4 rings (SSSR count). The molecule has 30 heavy (non-hydrogen) atoms. The molecule has 1 amide bonds. The second-order valence-corrected chi connectivity index (χ2v) is 11.0. The Morgan fingerprint density at radius 3 is 2.70 bits per heavy atom. The Morgan fingerprint density at radius 2 is 2.10 bits per heavy atom. The smallest absolute Gasteiger partial charge is 0.244 e. The second-order valence-electron chi connectivity index (χ2n) is 7.36. The van der Waals surface area contributed by atoms with Crippen molar-refractivity contribution in [3.05, 3.63) is 41.1 Å². The van der Waals surface area contributed by atoms with Crippen molar-refractivity contribution in [1.29, 1.82) is 0 Å². The lowest BCUT2D eigenvalue weighted by molar-refractivity contribution is -0.121. The van der Waals surface area contributed by atoms with Gasteiger partial charge < -0.3 is 5.32 Å². The van der Waals surface area contributed by atoms with Crippen LogP contribution in [0.15, 0.2) is 29.3 Å². The van der Waals surface area contributed by atoms with E-state index in [1.165, 1.54) is 23.9 Å². The van der Waals surface area contributed by atoms with Gasteiger partial charge in [0.25, 0.3) is 0 Å². The summed E-state index contributed by atoms with van der Waals surface area (Å²) in [6.07, 6.45) is 3.51. The summed E-state index contributed by atoms with van der Waals surface area (Å²) in [4.78, 5) is 21.5. The van der Waals surface area contributed by atoms with E-state index < -0.39 is 32.4 Å². The van der Waals surface area contributed by atoms with E-state index in [0.29, 0.717) is 37.2 Å². The van der Waals surface area contributed by atoms with Crippen molar-refractivity contribution >= 4 is 50.8 Å². The van der Waals surface area contributed by atoms with E-state index in [1.807, 2.05) is 6.92 Å². The highest BCUT2D eigenvalue weighted by Gasteiger charge is 2.54. The fraction of sp³-hybridized carbons (Fsp3) is 0.421. The number of thioether (sulfide) groups is 1. The van der Waals surface area contributed by atoms with Crippen molar-refractivity contribution < 1.29 is 17.6 Å². The number of nitrogens with zero attached hydrogens (tertiary/aromatic N) is 2. The summed E-state index contributed by atoms with van der Waals surface area (Å²) in [6.45, 7) is 1.99. The van der Waals surface area contributed by atoms with Crippen molar-refractivity contribution in [3.63, 3.8) is 0 Å². The van der Waals surface area contributed by atoms with Crippen molar-refractivity contribution in [3.8, 4) is 0 Å². The van der Waals surface area contributed by atoms with E-state index in [2.05, 4.69) is 20.0 Å². The van der Waals surface area contributed by atoms with E-state index >= 15 is 0 Å². The molecule has 1 aromatic heterocycles. The third-order valence-corrected chi connectivity index (χ3v) is 8.06. The number of anilines is 2. The lowest BCUT2D eigenvalue weighted by atomic mass is 9.94. The number of benzene rings is 1. The fourth-order valence-electron chi connectivity index (χ4n) is 3.25. The van der Waals surface area contributed by atoms with Crippen molar-refractivity contribution in [2.24, 2.45) is 0 Å². The first kappa shape index (κ1) is 21.3. The van der Waals surface area contributed by atoms with Gasteiger partial charge in [0, 0.05) is 17.4 Å². The molecule has 2 N–H and O–H groups in total. The van der Waals surface area contributed by atoms with Crippen LogP contribution in [-0.4, -0.2) is 35.3 Å². The number of rotatable bonds is 8. The quantitative estimate of drug-likeness (QED) is 0.447. The minimum Gasteiger partial charge on any atom is -0.339 e. The van der Waals surface area contributed by atoms with Gasteiger partial charge in [-0.3, -0.25) is 9.52 Å². The molecule has 0 atom stereocenters. The summed E-state index contributed by atoms with van der Waals surface area (Å²) in [5, 5.41) is 2.60. The Hall–Kier alpha value is -1.91. The Morgan fingerprint density at radius 1 is 1.37 bits per heavy atom. The number of amides is 1. The average Bonchev–Trinajstić information content (AvgIpc) is 3.56. The maximum absolute atomic E-state index is 14.9. The number of aromatic nitrogens is 2. The molecule has 160 valence electrons. The van der Waals surface area contributed by atoms with Crippen LogP contribution in [0, 0.1) is 5.82 Å². The first-order valence-electron chi connectivity index (χ1n) is 9.53. The molecule has 2 aromatic rings. The number of sulfonamides is 1. The maximum atomic E-state index is 14.9. The molecular weight excluding hydrogens is 451 g/mol. The first-order valence-corrected chi connectivity index (χ1v) is 12.4. The SMILES string of the molecule is CCSc1cnc(Cl)nc1Nc1ccc(C2(C(=O)NS(=O)(=O)C3CC3)CC2)c(F)c1. The van der Waals surface area contributed by atoms with E-state index in [9.17, 15) is 17.6 Å². The normalized spacial score (nSPS) is 17.4. The summed E-state index contributed by atoms with van der Waals surface area (Å²) < 4.78 is 41.3. The minimum absolute atomic E-state index is 0.0699. The Bertz CT molecular complexity index is 1100. The monoisotopic (exact) mass is 470 g/mol. The van der Waals surface area contributed by atoms with Crippen molar-refractivity contribution in [1.82, 2.24) is 14.7 Å². The van der Waals surface area contributed by atoms with E-state index in [-0.39, 0.29) is 10.8 Å². The van der Waals surface area contributed by atoms with Gasteiger partial charge in [-0.05, 0) is 55.2 Å². The van der Waals surface area contributed by atoms with Gasteiger partial charge in [0.2, 0.25) is 21.2 Å². The molecule has 2 saturated carbocycles. The number of carbonyl (C=O) groups excluding carboxylic acids is 1. The molecular formula is C19H20ClFN4O3S2. The van der Waals surface area contributed by atoms with Gasteiger partial charge in [-0.1, -0.05) is 13.0 Å². The fourth-order valence-corrected chi connectivity index (χ4v) is 5.43. The van der Waals surface area contributed by atoms with Crippen LogP contribution in [0.4, 0.5) is 15.9 Å². The zero-order valence-corrected chi connectivity index (χ0v) is 18.5. The third kappa shape index (κ3) is 4.26.